The van der Waals surface area contributed by atoms with Gasteiger partial charge >= 0.3 is 0 Å². The van der Waals surface area contributed by atoms with Gasteiger partial charge in [0, 0.05) is 17.5 Å². The molecule has 0 aliphatic carbocycles. The quantitative estimate of drug-likeness (QED) is 0.437. The fourth-order valence-electron chi connectivity index (χ4n) is 1.85. The third-order valence-electron chi connectivity index (χ3n) is 2.92. The Bertz CT molecular complexity index is 748. The Morgan fingerprint density at radius 3 is 2.70 bits per heavy atom. The van der Waals surface area contributed by atoms with Crippen LogP contribution in [0.4, 0.5) is 0 Å². The van der Waals surface area contributed by atoms with Crippen molar-refractivity contribution in [2.75, 3.05) is 0 Å². The van der Waals surface area contributed by atoms with Gasteiger partial charge in [0.05, 0.1) is 0 Å². The summed E-state index contributed by atoms with van der Waals surface area (Å²) in [5, 5.41) is 16.5. The highest BCUT2D eigenvalue weighted by Gasteiger charge is 2.05. The van der Waals surface area contributed by atoms with E-state index in [1.807, 2.05) is 53.1 Å². The van der Waals surface area contributed by atoms with Gasteiger partial charge in [0.1, 0.15) is 5.84 Å². The van der Waals surface area contributed by atoms with Crippen LogP contribution in [0.5, 0.6) is 0 Å². The molecule has 0 radical (unpaired) electrons. The van der Waals surface area contributed by atoms with Crippen molar-refractivity contribution < 1.29 is 0 Å². The maximum atomic E-state index is 7.36. The van der Waals surface area contributed by atoms with E-state index >= 15 is 0 Å². The van der Waals surface area contributed by atoms with Gasteiger partial charge in [0.25, 0.3) is 0 Å². The Labute approximate surface area is 120 Å². The standard InChI is InChI=1S/C14H13N5S/c15-13(16)11-6-4-10(5-7-11)9-20-14-18-17-12-3-1-2-8-19(12)14/h1-8H,9H2,(H3,15,16). The van der Waals surface area contributed by atoms with Crippen LogP contribution in [-0.2, 0) is 5.75 Å². The van der Waals surface area contributed by atoms with E-state index in [2.05, 4.69) is 10.2 Å². The molecule has 0 saturated heterocycles. The van der Waals surface area contributed by atoms with Crippen molar-refractivity contribution >= 4 is 23.2 Å². The lowest BCUT2D eigenvalue weighted by Crippen LogP contribution is -2.10. The summed E-state index contributed by atoms with van der Waals surface area (Å²) in [7, 11) is 0. The van der Waals surface area contributed by atoms with Gasteiger partial charge in [-0.05, 0) is 17.7 Å². The summed E-state index contributed by atoms with van der Waals surface area (Å²) >= 11 is 1.63. The van der Waals surface area contributed by atoms with Crippen molar-refractivity contribution in [1.82, 2.24) is 14.6 Å². The van der Waals surface area contributed by atoms with Crippen molar-refractivity contribution in [3.63, 3.8) is 0 Å². The van der Waals surface area contributed by atoms with Gasteiger partial charge in [-0.1, -0.05) is 42.1 Å². The van der Waals surface area contributed by atoms with Crippen LogP contribution in [0.25, 0.3) is 5.65 Å². The lowest BCUT2D eigenvalue weighted by Gasteiger charge is -2.02. The number of hydrogen-bond donors (Lipinski definition) is 2. The summed E-state index contributed by atoms with van der Waals surface area (Å²) in [6, 6.07) is 13.5. The number of hydrogen-bond acceptors (Lipinski definition) is 4. The van der Waals surface area contributed by atoms with E-state index in [0.29, 0.717) is 0 Å². The number of nitrogens with two attached hydrogens (primary N) is 1. The fourth-order valence-corrected chi connectivity index (χ4v) is 2.73. The summed E-state index contributed by atoms with van der Waals surface area (Å²) in [6.45, 7) is 0. The molecule has 0 aliphatic heterocycles. The number of rotatable bonds is 4. The first kappa shape index (κ1) is 12.7. The molecule has 6 heteroatoms. The zero-order valence-corrected chi connectivity index (χ0v) is 11.5. The highest BCUT2D eigenvalue weighted by Crippen LogP contribution is 2.21. The van der Waals surface area contributed by atoms with Gasteiger partial charge < -0.3 is 5.73 Å². The molecule has 0 bridgehead atoms. The molecule has 2 heterocycles. The molecule has 3 aromatic rings. The number of aromatic nitrogens is 3. The maximum absolute atomic E-state index is 7.36. The molecule has 2 aromatic heterocycles. The number of nitrogen functional groups attached to an aromatic ring is 1. The molecule has 20 heavy (non-hydrogen) atoms. The van der Waals surface area contributed by atoms with Crippen LogP contribution >= 0.6 is 11.8 Å². The molecule has 0 fully saturated rings. The Morgan fingerprint density at radius 1 is 1.15 bits per heavy atom. The second kappa shape index (κ2) is 5.34. The third-order valence-corrected chi connectivity index (χ3v) is 3.93. The number of pyridine rings is 1. The van der Waals surface area contributed by atoms with Crippen molar-refractivity contribution in [2.45, 2.75) is 10.9 Å². The topological polar surface area (TPSA) is 80.1 Å². The number of thioether (sulfide) groups is 1. The summed E-state index contributed by atoms with van der Waals surface area (Å²) in [5.74, 6) is 0.890. The third kappa shape index (κ3) is 2.50. The van der Waals surface area contributed by atoms with Gasteiger partial charge in [-0.15, -0.1) is 10.2 Å². The predicted octanol–water partition coefficient (Wildman–Crippen LogP) is 2.31. The Hall–Kier alpha value is -2.34. The van der Waals surface area contributed by atoms with E-state index < -0.39 is 0 Å². The average Bonchev–Trinajstić information content (AvgIpc) is 2.89. The van der Waals surface area contributed by atoms with Gasteiger partial charge in [-0.25, -0.2) is 0 Å². The molecular weight excluding hydrogens is 270 g/mol. The van der Waals surface area contributed by atoms with Gasteiger partial charge in [0.2, 0.25) is 0 Å². The fraction of sp³-hybridized carbons (Fsp3) is 0.0714. The normalized spacial score (nSPS) is 10.8. The second-order valence-electron chi connectivity index (χ2n) is 4.31. The summed E-state index contributed by atoms with van der Waals surface area (Å²) in [5.41, 5.74) is 8.18. The summed E-state index contributed by atoms with van der Waals surface area (Å²) < 4.78 is 1.97. The van der Waals surface area contributed by atoms with Crippen molar-refractivity contribution in [3.05, 3.63) is 59.8 Å². The monoisotopic (exact) mass is 283 g/mol. The Kier molecular flexibility index (Phi) is 3.39. The van der Waals surface area contributed by atoms with Gasteiger partial charge in [-0.2, -0.15) is 0 Å². The lowest BCUT2D eigenvalue weighted by atomic mass is 10.1. The van der Waals surface area contributed by atoms with Crippen LogP contribution < -0.4 is 5.73 Å². The smallest absolute Gasteiger partial charge is 0.195 e. The van der Waals surface area contributed by atoms with Crippen LogP contribution in [0, 0.1) is 5.41 Å². The molecule has 100 valence electrons. The zero-order valence-electron chi connectivity index (χ0n) is 10.7. The Balaban J connectivity index is 1.74. The van der Waals surface area contributed by atoms with Gasteiger partial charge in [-0.3, -0.25) is 9.81 Å². The van der Waals surface area contributed by atoms with Gasteiger partial charge in [0.15, 0.2) is 10.8 Å². The molecule has 3 rings (SSSR count). The molecule has 0 aliphatic rings. The maximum Gasteiger partial charge on any atom is 0.195 e. The Morgan fingerprint density at radius 2 is 1.95 bits per heavy atom. The molecule has 0 amide bonds. The first-order valence-corrected chi connectivity index (χ1v) is 7.08. The molecule has 3 N–H and O–H groups in total. The second-order valence-corrected chi connectivity index (χ2v) is 5.25. The minimum absolute atomic E-state index is 0.0904. The number of nitrogens with zero attached hydrogens (tertiary/aromatic N) is 3. The molecule has 0 spiro atoms. The SMILES string of the molecule is N=C(N)c1ccc(CSc2nnc3ccccn23)cc1. The molecule has 1 aromatic carbocycles. The van der Waals surface area contributed by atoms with E-state index in [0.717, 1.165) is 27.7 Å². The largest absolute Gasteiger partial charge is 0.384 e. The van der Waals surface area contributed by atoms with Crippen LogP contribution in [0.1, 0.15) is 11.1 Å². The predicted molar refractivity (Wildman–Crippen MR) is 80.0 cm³/mol. The minimum Gasteiger partial charge on any atom is -0.384 e. The lowest BCUT2D eigenvalue weighted by molar-refractivity contribution is 0.921. The van der Waals surface area contributed by atoms with Crippen LogP contribution in [-0.4, -0.2) is 20.4 Å². The highest BCUT2D eigenvalue weighted by atomic mass is 32.2. The number of amidine groups is 1. The van der Waals surface area contributed by atoms with Crippen LogP contribution in [0.3, 0.4) is 0 Å². The summed E-state index contributed by atoms with van der Waals surface area (Å²) in [6.07, 6.45) is 1.95. The number of nitrogens with one attached hydrogen (secondary N) is 1. The van der Waals surface area contributed by atoms with Crippen molar-refractivity contribution in [2.24, 2.45) is 5.73 Å². The van der Waals surface area contributed by atoms with Crippen molar-refractivity contribution in [3.8, 4) is 0 Å². The first-order valence-electron chi connectivity index (χ1n) is 6.10. The van der Waals surface area contributed by atoms with E-state index in [1.54, 1.807) is 11.8 Å². The highest BCUT2D eigenvalue weighted by molar-refractivity contribution is 7.98. The summed E-state index contributed by atoms with van der Waals surface area (Å²) in [4.78, 5) is 0. The van der Waals surface area contributed by atoms with E-state index in [-0.39, 0.29) is 5.84 Å². The molecule has 0 saturated carbocycles. The molecular formula is C14H13N5S. The van der Waals surface area contributed by atoms with Crippen LogP contribution in [0.15, 0.2) is 53.8 Å². The number of benzene rings is 1. The van der Waals surface area contributed by atoms with Crippen LogP contribution in [0.2, 0.25) is 0 Å². The van der Waals surface area contributed by atoms with E-state index in [4.69, 9.17) is 11.1 Å². The minimum atomic E-state index is 0.0904. The molecule has 5 nitrogen and oxygen atoms in total. The molecule has 0 unspecified atom stereocenters. The van der Waals surface area contributed by atoms with E-state index in [9.17, 15) is 0 Å². The average molecular weight is 283 g/mol. The van der Waals surface area contributed by atoms with Crippen molar-refractivity contribution in [1.29, 1.82) is 5.41 Å². The van der Waals surface area contributed by atoms with E-state index in [1.165, 1.54) is 0 Å². The molecule has 0 atom stereocenters. The first-order chi connectivity index (χ1) is 9.74. The number of fused-ring (bicyclic) bond motifs is 1. The zero-order chi connectivity index (χ0) is 13.9.